The third kappa shape index (κ3) is 2.91. The molecule has 0 saturated carbocycles. The average Bonchev–Trinajstić information content (AvgIpc) is 3.02. The van der Waals surface area contributed by atoms with Gasteiger partial charge in [-0.05, 0) is 44.0 Å². The highest BCUT2D eigenvalue weighted by molar-refractivity contribution is 7.89. The van der Waals surface area contributed by atoms with Gasteiger partial charge in [0.05, 0.1) is 12.1 Å². The lowest BCUT2D eigenvalue weighted by molar-refractivity contribution is 0.188. The van der Waals surface area contributed by atoms with Crippen molar-refractivity contribution in [3.63, 3.8) is 0 Å². The fraction of sp³-hybridized carbons (Fsp3) is 0.375. The summed E-state index contributed by atoms with van der Waals surface area (Å²) in [7, 11) is -3.83. The lowest BCUT2D eigenvalue weighted by Crippen LogP contribution is -2.32. The number of hydrogen-bond acceptors (Lipinski definition) is 4. The van der Waals surface area contributed by atoms with Crippen molar-refractivity contribution in [3.05, 3.63) is 53.2 Å². The van der Waals surface area contributed by atoms with Gasteiger partial charge in [-0.2, -0.15) is 4.31 Å². The Labute approximate surface area is 134 Å². The second-order valence-corrected chi connectivity index (χ2v) is 7.67. The molecule has 23 heavy (non-hydrogen) atoms. The molecule has 0 aliphatic carbocycles. The van der Waals surface area contributed by atoms with Crippen LogP contribution in [-0.4, -0.2) is 30.5 Å². The van der Waals surface area contributed by atoms with Crippen LogP contribution in [0.2, 0.25) is 0 Å². The molecule has 0 amide bonds. The SMILES string of the molecule is Cc1cc(S(=O)(=O)N2C[C@@H](O)C[C@@H]2c2cccc(F)c2)c(C)o1. The molecule has 2 aromatic rings. The van der Waals surface area contributed by atoms with E-state index in [1.807, 2.05) is 0 Å². The molecule has 5 nitrogen and oxygen atoms in total. The van der Waals surface area contributed by atoms with Crippen molar-refractivity contribution in [1.29, 1.82) is 0 Å². The summed E-state index contributed by atoms with van der Waals surface area (Å²) in [5.41, 5.74) is 0.531. The maximum Gasteiger partial charge on any atom is 0.247 e. The molecule has 1 aliphatic rings. The zero-order valence-corrected chi connectivity index (χ0v) is 13.7. The third-order valence-corrected chi connectivity index (χ3v) is 6.03. The number of aliphatic hydroxyl groups is 1. The van der Waals surface area contributed by atoms with Gasteiger partial charge in [-0.3, -0.25) is 0 Å². The highest BCUT2D eigenvalue weighted by Gasteiger charge is 2.41. The molecule has 1 aromatic carbocycles. The van der Waals surface area contributed by atoms with Gasteiger partial charge in [-0.15, -0.1) is 0 Å². The number of sulfonamides is 1. The number of aliphatic hydroxyl groups excluding tert-OH is 1. The number of furan rings is 1. The number of aryl methyl sites for hydroxylation is 2. The minimum atomic E-state index is -3.83. The molecule has 3 rings (SSSR count). The van der Waals surface area contributed by atoms with Crippen LogP contribution in [-0.2, 0) is 10.0 Å². The summed E-state index contributed by atoms with van der Waals surface area (Å²) in [4.78, 5) is 0.0884. The fourth-order valence-corrected chi connectivity index (χ4v) is 4.94. The smallest absolute Gasteiger partial charge is 0.247 e. The molecule has 1 fully saturated rings. The summed E-state index contributed by atoms with van der Waals surface area (Å²) in [6, 6.07) is 6.68. The number of rotatable bonds is 3. The average molecular weight is 339 g/mol. The van der Waals surface area contributed by atoms with E-state index in [0.717, 1.165) is 0 Å². The lowest BCUT2D eigenvalue weighted by atomic mass is 10.0. The highest BCUT2D eigenvalue weighted by Crippen LogP contribution is 2.38. The topological polar surface area (TPSA) is 70.8 Å². The molecular weight excluding hydrogens is 321 g/mol. The highest BCUT2D eigenvalue weighted by atomic mass is 32.2. The van der Waals surface area contributed by atoms with Crippen molar-refractivity contribution in [2.75, 3.05) is 6.54 Å². The zero-order chi connectivity index (χ0) is 16.8. The van der Waals surface area contributed by atoms with Gasteiger partial charge in [0.1, 0.15) is 22.2 Å². The van der Waals surface area contributed by atoms with E-state index in [9.17, 15) is 17.9 Å². The third-order valence-electron chi connectivity index (χ3n) is 4.05. The minimum Gasteiger partial charge on any atom is -0.465 e. The van der Waals surface area contributed by atoms with E-state index in [2.05, 4.69) is 0 Å². The molecular formula is C16H18FNO4S. The van der Waals surface area contributed by atoms with E-state index >= 15 is 0 Å². The van der Waals surface area contributed by atoms with Crippen LogP contribution in [0.1, 0.15) is 29.5 Å². The Kier molecular flexibility index (Phi) is 4.03. The molecule has 1 aliphatic heterocycles. The fourth-order valence-electron chi connectivity index (χ4n) is 3.06. The van der Waals surface area contributed by atoms with Gasteiger partial charge in [0, 0.05) is 6.54 Å². The number of nitrogens with zero attached hydrogens (tertiary/aromatic N) is 1. The van der Waals surface area contributed by atoms with Crippen molar-refractivity contribution < 1.29 is 22.3 Å². The van der Waals surface area contributed by atoms with E-state index in [0.29, 0.717) is 17.1 Å². The van der Waals surface area contributed by atoms with Gasteiger partial charge in [0.2, 0.25) is 10.0 Å². The Hall–Kier alpha value is -1.70. The van der Waals surface area contributed by atoms with Crippen molar-refractivity contribution in [3.8, 4) is 0 Å². The number of hydrogen-bond donors (Lipinski definition) is 1. The van der Waals surface area contributed by atoms with Crippen molar-refractivity contribution in [2.45, 2.75) is 37.3 Å². The minimum absolute atomic E-state index is 0.0207. The first-order valence-corrected chi connectivity index (χ1v) is 8.75. The predicted molar refractivity (Wildman–Crippen MR) is 81.8 cm³/mol. The maximum absolute atomic E-state index is 13.5. The Bertz CT molecular complexity index is 830. The summed E-state index contributed by atoms with van der Waals surface area (Å²) in [6.45, 7) is 3.24. The van der Waals surface area contributed by atoms with E-state index in [1.54, 1.807) is 19.9 Å². The quantitative estimate of drug-likeness (QED) is 0.933. The normalized spacial score (nSPS) is 22.6. The van der Waals surface area contributed by atoms with Crippen molar-refractivity contribution in [2.24, 2.45) is 0 Å². The largest absolute Gasteiger partial charge is 0.465 e. The number of β-amino-alcohol motifs (C(OH)–C–C–N with tert-alkyl or cyclic N) is 1. The van der Waals surface area contributed by atoms with Crippen LogP contribution < -0.4 is 0 Å². The van der Waals surface area contributed by atoms with Gasteiger partial charge in [-0.25, -0.2) is 12.8 Å². The second kappa shape index (κ2) is 5.74. The monoisotopic (exact) mass is 339 g/mol. The van der Waals surface area contributed by atoms with Crippen molar-refractivity contribution in [1.82, 2.24) is 4.31 Å². The predicted octanol–water partition coefficient (Wildman–Crippen LogP) is 2.53. The second-order valence-electron chi connectivity index (χ2n) is 5.81. The molecule has 124 valence electrons. The van der Waals surface area contributed by atoms with Crippen LogP contribution >= 0.6 is 0 Å². The van der Waals surface area contributed by atoms with Crippen LogP contribution in [0, 0.1) is 19.7 Å². The number of halogens is 1. The molecule has 1 aromatic heterocycles. The summed E-state index contributed by atoms with van der Waals surface area (Å²) in [5, 5.41) is 9.96. The first kappa shape index (κ1) is 16.2. The van der Waals surface area contributed by atoms with Gasteiger partial charge >= 0.3 is 0 Å². The first-order valence-electron chi connectivity index (χ1n) is 7.31. The number of benzene rings is 1. The molecule has 0 radical (unpaired) electrons. The first-order chi connectivity index (χ1) is 10.8. The van der Waals surface area contributed by atoms with Crippen LogP contribution in [0.15, 0.2) is 39.6 Å². The van der Waals surface area contributed by atoms with Crippen LogP contribution in [0.5, 0.6) is 0 Å². The van der Waals surface area contributed by atoms with Gasteiger partial charge < -0.3 is 9.52 Å². The zero-order valence-electron chi connectivity index (χ0n) is 12.9. The maximum atomic E-state index is 13.5. The summed E-state index contributed by atoms with van der Waals surface area (Å²) < 4.78 is 45.9. The molecule has 0 unspecified atom stereocenters. The molecule has 0 bridgehead atoms. The van der Waals surface area contributed by atoms with E-state index in [-0.39, 0.29) is 17.9 Å². The molecule has 0 spiro atoms. The molecule has 1 N–H and O–H groups in total. The van der Waals surface area contributed by atoms with Crippen LogP contribution in [0.4, 0.5) is 4.39 Å². The lowest BCUT2D eigenvalue weighted by Gasteiger charge is -2.23. The van der Waals surface area contributed by atoms with E-state index in [1.165, 1.54) is 28.6 Å². The van der Waals surface area contributed by atoms with Crippen molar-refractivity contribution >= 4 is 10.0 Å². The Morgan fingerprint density at radius 1 is 1.30 bits per heavy atom. The Balaban J connectivity index is 2.04. The van der Waals surface area contributed by atoms with Gasteiger partial charge in [0.25, 0.3) is 0 Å². The molecule has 2 atom stereocenters. The molecule has 2 heterocycles. The van der Waals surface area contributed by atoms with Gasteiger partial charge in [0.15, 0.2) is 0 Å². The summed E-state index contributed by atoms with van der Waals surface area (Å²) in [6.07, 6.45) is -0.551. The molecule has 7 heteroatoms. The Morgan fingerprint density at radius 2 is 2.04 bits per heavy atom. The van der Waals surface area contributed by atoms with E-state index < -0.39 is 28.0 Å². The van der Waals surface area contributed by atoms with Crippen LogP contribution in [0.25, 0.3) is 0 Å². The summed E-state index contributed by atoms with van der Waals surface area (Å²) in [5.74, 6) is 0.376. The van der Waals surface area contributed by atoms with E-state index in [4.69, 9.17) is 4.42 Å². The van der Waals surface area contributed by atoms with Crippen LogP contribution in [0.3, 0.4) is 0 Å². The summed E-state index contributed by atoms with van der Waals surface area (Å²) >= 11 is 0. The van der Waals surface area contributed by atoms with Gasteiger partial charge in [-0.1, -0.05) is 12.1 Å². The Morgan fingerprint density at radius 3 is 2.65 bits per heavy atom. The standard InChI is InChI=1S/C16H18FNO4S/c1-10-6-16(11(2)22-10)23(20,21)18-9-14(19)8-15(18)12-4-3-5-13(17)7-12/h3-7,14-15,19H,8-9H2,1-2H3/t14-,15+/m0/s1. The molecule has 1 saturated heterocycles.